The van der Waals surface area contributed by atoms with Crippen molar-refractivity contribution in [2.45, 2.75) is 25.6 Å². The standard InChI is InChI=1S/C10H12ClF3N2O/c1-9(2,17)5-15-8-4-6(10(12,13)14)3-7(11)16-8/h3-4,17H,5H2,1-2H3,(H,15,16). The van der Waals surface area contributed by atoms with Crippen molar-refractivity contribution in [2.75, 3.05) is 11.9 Å². The summed E-state index contributed by atoms with van der Waals surface area (Å²) in [6.07, 6.45) is -4.47. The maximum absolute atomic E-state index is 12.5. The predicted octanol–water partition coefficient (Wildman–Crippen LogP) is 2.94. The fourth-order valence-electron chi connectivity index (χ4n) is 1.06. The molecule has 0 aromatic carbocycles. The average molecular weight is 269 g/mol. The van der Waals surface area contributed by atoms with Gasteiger partial charge in [0.1, 0.15) is 11.0 Å². The Bertz CT molecular complexity index is 402. The van der Waals surface area contributed by atoms with Gasteiger partial charge in [-0.05, 0) is 26.0 Å². The van der Waals surface area contributed by atoms with Crippen LogP contribution in [0.4, 0.5) is 19.0 Å². The first-order valence-electron chi connectivity index (χ1n) is 4.79. The highest BCUT2D eigenvalue weighted by Gasteiger charge is 2.31. The number of aliphatic hydroxyl groups is 1. The second-order valence-corrected chi connectivity index (χ2v) is 4.61. The summed E-state index contributed by atoms with van der Waals surface area (Å²) in [6, 6.07) is 1.59. The molecule has 0 amide bonds. The van der Waals surface area contributed by atoms with Gasteiger partial charge in [0.05, 0.1) is 11.2 Å². The average Bonchev–Trinajstić information content (AvgIpc) is 2.11. The largest absolute Gasteiger partial charge is 0.416 e. The number of hydrogen-bond donors (Lipinski definition) is 2. The predicted molar refractivity (Wildman–Crippen MR) is 59.0 cm³/mol. The van der Waals surface area contributed by atoms with Gasteiger partial charge in [-0.3, -0.25) is 0 Å². The summed E-state index contributed by atoms with van der Waals surface area (Å²) in [5.41, 5.74) is -1.93. The normalized spacial score (nSPS) is 12.6. The van der Waals surface area contributed by atoms with E-state index in [9.17, 15) is 18.3 Å². The van der Waals surface area contributed by atoms with Gasteiger partial charge in [0.25, 0.3) is 0 Å². The van der Waals surface area contributed by atoms with Gasteiger partial charge in [-0.2, -0.15) is 13.2 Å². The fourth-order valence-corrected chi connectivity index (χ4v) is 1.27. The number of rotatable bonds is 3. The molecule has 1 heterocycles. The second kappa shape index (κ2) is 4.70. The minimum absolute atomic E-state index is 0.0213. The molecule has 1 aromatic rings. The SMILES string of the molecule is CC(C)(O)CNc1cc(C(F)(F)F)cc(Cl)n1. The molecule has 0 aliphatic heterocycles. The molecule has 1 aromatic heterocycles. The van der Waals surface area contributed by atoms with Crippen LogP contribution in [-0.2, 0) is 6.18 Å². The van der Waals surface area contributed by atoms with Crippen LogP contribution < -0.4 is 5.32 Å². The molecule has 0 aliphatic rings. The number of aromatic nitrogens is 1. The van der Waals surface area contributed by atoms with Crippen molar-refractivity contribution in [3.05, 3.63) is 22.8 Å². The molecule has 2 N–H and O–H groups in total. The van der Waals surface area contributed by atoms with Crippen LogP contribution in [0.5, 0.6) is 0 Å². The van der Waals surface area contributed by atoms with E-state index >= 15 is 0 Å². The zero-order chi connectivity index (χ0) is 13.3. The number of nitrogens with zero attached hydrogens (tertiary/aromatic N) is 1. The molecule has 0 aliphatic carbocycles. The van der Waals surface area contributed by atoms with Crippen molar-refractivity contribution >= 4 is 17.4 Å². The summed E-state index contributed by atoms with van der Waals surface area (Å²) in [6.45, 7) is 3.11. The van der Waals surface area contributed by atoms with Crippen LogP contribution >= 0.6 is 11.6 Å². The van der Waals surface area contributed by atoms with Gasteiger partial charge in [-0.15, -0.1) is 0 Å². The lowest BCUT2D eigenvalue weighted by Crippen LogP contribution is -2.29. The van der Waals surface area contributed by atoms with Gasteiger partial charge in [-0.1, -0.05) is 11.6 Å². The Morgan fingerprint density at radius 2 is 1.94 bits per heavy atom. The van der Waals surface area contributed by atoms with Crippen LogP contribution in [-0.4, -0.2) is 22.2 Å². The van der Waals surface area contributed by atoms with E-state index in [1.807, 2.05) is 0 Å². The fraction of sp³-hybridized carbons (Fsp3) is 0.500. The number of nitrogens with one attached hydrogen (secondary N) is 1. The Hall–Kier alpha value is -1.01. The molecule has 0 atom stereocenters. The third kappa shape index (κ3) is 4.79. The lowest BCUT2D eigenvalue weighted by Gasteiger charge is -2.18. The van der Waals surface area contributed by atoms with Gasteiger partial charge in [0.2, 0.25) is 0 Å². The first-order chi connectivity index (χ1) is 7.58. The summed E-state index contributed by atoms with van der Waals surface area (Å²) >= 11 is 5.49. The molecule has 0 spiro atoms. The Kier molecular flexibility index (Phi) is 3.88. The van der Waals surface area contributed by atoms with E-state index in [0.29, 0.717) is 0 Å². The van der Waals surface area contributed by atoms with E-state index in [-0.39, 0.29) is 17.5 Å². The van der Waals surface area contributed by atoms with Gasteiger partial charge >= 0.3 is 6.18 Å². The van der Waals surface area contributed by atoms with Gasteiger partial charge < -0.3 is 10.4 Å². The molecule has 0 fully saturated rings. The number of alkyl halides is 3. The Morgan fingerprint density at radius 1 is 1.35 bits per heavy atom. The van der Waals surface area contributed by atoms with E-state index in [1.165, 1.54) is 13.8 Å². The van der Waals surface area contributed by atoms with Crippen molar-refractivity contribution < 1.29 is 18.3 Å². The zero-order valence-electron chi connectivity index (χ0n) is 9.27. The van der Waals surface area contributed by atoms with Crippen molar-refractivity contribution in [1.82, 2.24) is 4.98 Å². The van der Waals surface area contributed by atoms with Crippen LogP contribution in [0.1, 0.15) is 19.4 Å². The summed E-state index contributed by atoms with van der Waals surface area (Å²) < 4.78 is 37.4. The monoisotopic (exact) mass is 268 g/mol. The lowest BCUT2D eigenvalue weighted by molar-refractivity contribution is -0.137. The number of pyridine rings is 1. The number of hydrogen-bond acceptors (Lipinski definition) is 3. The first-order valence-corrected chi connectivity index (χ1v) is 5.17. The highest BCUT2D eigenvalue weighted by Crippen LogP contribution is 2.31. The molecule has 0 radical (unpaired) electrons. The highest BCUT2D eigenvalue weighted by molar-refractivity contribution is 6.29. The smallest absolute Gasteiger partial charge is 0.389 e. The molecule has 7 heteroatoms. The topological polar surface area (TPSA) is 45.1 Å². The van der Waals surface area contributed by atoms with E-state index in [2.05, 4.69) is 10.3 Å². The van der Waals surface area contributed by atoms with E-state index in [4.69, 9.17) is 11.6 Å². The molecule has 0 saturated carbocycles. The third-order valence-corrected chi connectivity index (χ3v) is 2.02. The second-order valence-electron chi connectivity index (χ2n) is 4.23. The van der Waals surface area contributed by atoms with Crippen LogP contribution in [0.25, 0.3) is 0 Å². The van der Waals surface area contributed by atoms with Crippen LogP contribution in [0.2, 0.25) is 5.15 Å². The number of halogens is 4. The molecule has 96 valence electrons. The summed E-state index contributed by atoms with van der Waals surface area (Å²) in [7, 11) is 0. The summed E-state index contributed by atoms with van der Waals surface area (Å²) in [5, 5.41) is 11.8. The molecule has 17 heavy (non-hydrogen) atoms. The highest BCUT2D eigenvalue weighted by atomic mass is 35.5. The maximum Gasteiger partial charge on any atom is 0.416 e. The molecular formula is C10H12ClF3N2O. The van der Waals surface area contributed by atoms with Crippen LogP contribution in [0.15, 0.2) is 12.1 Å². The lowest BCUT2D eigenvalue weighted by atomic mass is 10.1. The van der Waals surface area contributed by atoms with E-state index < -0.39 is 17.3 Å². The summed E-state index contributed by atoms with van der Waals surface area (Å²) in [4.78, 5) is 3.69. The minimum Gasteiger partial charge on any atom is -0.389 e. The van der Waals surface area contributed by atoms with Crippen molar-refractivity contribution in [3.8, 4) is 0 Å². The Morgan fingerprint density at radius 3 is 2.41 bits per heavy atom. The molecule has 1 rings (SSSR count). The van der Waals surface area contributed by atoms with Gasteiger partial charge in [0, 0.05) is 6.54 Å². The Labute approximate surface area is 102 Å². The molecule has 0 bridgehead atoms. The van der Waals surface area contributed by atoms with E-state index in [1.54, 1.807) is 0 Å². The van der Waals surface area contributed by atoms with Gasteiger partial charge in [0.15, 0.2) is 0 Å². The minimum atomic E-state index is -4.47. The third-order valence-electron chi connectivity index (χ3n) is 1.82. The quantitative estimate of drug-likeness (QED) is 0.829. The summed E-state index contributed by atoms with van der Waals surface area (Å²) in [5.74, 6) is -0.0213. The van der Waals surface area contributed by atoms with E-state index in [0.717, 1.165) is 12.1 Å². The van der Waals surface area contributed by atoms with Crippen molar-refractivity contribution in [3.63, 3.8) is 0 Å². The molecule has 0 saturated heterocycles. The zero-order valence-corrected chi connectivity index (χ0v) is 10.0. The van der Waals surface area contributed by atoms with Crippen molar-refractivity contribution in [2.24, 2.45) is 0 Å². The van der Waals surface area contributed by atoms with Crippen LogP contribution in [0, 0.1) is 0 Å². The Balaban J connectivity index is 2.91. The number of anilines is 1. The van der Waals surface area contributed by atoms with Gasteiger partial charge in [-0.25, -0.2) is 4.98 Å². The molecule has 0 unspecified atom stereocenters. The van der Waals surface area contributed by atoms with Crippen LogP contribution in [0.3, 0.4) is 0 Å². The molecular weight excluding hydrogens is 257 g/mol. The molecule has 3 nitrogen and oxygen atoms in total. The first kappa shape index (κ1) is 14.1. The van der Waals surface area contributed by atoms with Crippen molar-refractivity contribution in [1.29, 1.82) is 0 Å². The maximum atomic E-state index is 12.5.